The molecule has 3 fully saturated rings. The van der Waals surface area contributed by atoms with Crippen LogP contribution in [0, 0.1) is 10.8 Å². The van der Waals surface area contributed by atoms with E-state index in [1.165, 1.54) is 0 Å². The Labute approximate surface area is 293 Å². The molecule has 50 heavy (non-hydrogen) atoms. The third kappa shape index (κ3) is 7.75. The monoisotopic (exact) mass is 674 g/mol. The van der Waals surface area contributed by atoms with Gasteiger partial charge in [0.2, 0.25) is 11.8 Å². The summed E-state index contributed by atoms with van der Waals surface area (Å²) < 4.78 is 4.14. The number of benzene rings is 2. The maximum atomic E-state index is 13.6. The summed E-state index contributed by atoms with van der Waals surface area (Å²) in [5.74, 6) is -0.489. The van der Waals surface area contributed by atoms with Gasteiger partial charge in [-0.1, -0.05) is 13.8 Å². The second-order valence-electron chi connectivity index (χ2n) is 13.7. The van der Waals surface area contributed by atoms with Crippen molar-refractivity contribution >= 4 is 46.4 Å². The van der Waals surface area contributed by atoms with Crippen molar-refractivity contribution in [1.82, 2.24) is 0 Å². The summed E-state index contributed by atoms with van der Waals surface area (Å²) in [6.07, 6.45) is 13.7. The number of rotatable bonds is 12. The number of nitrogens with one attached hydrogen (secondary N) is 4. The summed E-state index contributed by atoms with van der Waals surface area (Å²) in [6.45, 7) is 6.08. The van der Waals surface area contributed by atoms with Gasteiger partial charge in [0, 0.05) is 70.4 Å². The molecule has 0 atom stereocenters. The average molecular weight is 675 g/mol. The largest absolute Gasteiger partial charge is 0.326 e. The molecular formula is C40H46N6O4+2. The van der Waals surface area contributed by atoms with Crippen LogP contribution in [-0.4, -0.2) is 23.6 Å². The Balaban J connectivity index is 0.984. The highest BCUT2D eigenvalue weighted by molar-refractivity contribution is 6.05. The van der Waals surface area contributed by atoms with E-state index in [-0.39, 0.29) is 23.6 Å². The van der Waals surface area contributed by atoms with E-state index in [4.69, 9.17) is 0 Å². The SMILES string of the molecule is CCC[n+]1ccc(NC(=O)c2ccc(NC(=O)C34CCC(C(=O)Nc5ccc(C(=O)Nc6cc[n+](CCC)cc6)cc5)(CC3)CC4)cc2)cc1. The Morgan fingerprint density at radius 3 is 1.08 bits per heavy atom. The van der Waals surface area contributed by atoms with Crippen molar-refractivity contribution in [2.24, 2.45) is 10.8 Å². The smallest absolute Gasteiger partial charge is 0.255 e. The molecule has 3 aliphatic carbocycles. The number of anilines is 4. The predicted molar refractivity (Wildman–Crippen MR) is 192 cm³/mol. The molecule has 0 unspecified atom stereocenters. The number of nitrogens with zero attached hydrogens (tertiary/aromatic N) is 2. The van der Waals surface area contributed by atoms with Crippen LogP contribution in [0.2, 0.25) is 0 Å². The number of aryl methyl sites for hydroxylation is 2. The van der Waals surface area contributed by atoms with Gasteiger partial charge in [-0.15, -0.1) is 0 Å². The Morgan fingerprint density at radius 1 is 0.480 bits per heavy atom. The molecule has 2 aromatic heterocycles. The summed E-state index contributed by atoms with van der Waals surface area (Å²) in [4.78, 5) is 52.7. The minimum absolute atomic E-state index is 0.0300. The lowest BCUT2D eigenvalue weighted by atomic mass is 9.53. The van der Waals surface area contributed by atoms with Crippen LogP contribution in [0.15, 0.2) is 97.6 Å². The normalized spacial score (nSPS) is 19.3. The number of hydrogen-bond acceptors (Lipinski definition) is 4. The van der Waals surface area contributed by atoms with Gasteiger partial charge in [-0.25, -0.2) is 9.13 Å². The van der Waals surface area contributed by atoms with Crippen LogP contribution in [0.4, 0.5) is 22.7 Å². The Morgan fingerprint density at radius 2 is 0.780 bits per heavy atom. The minimum Gasteiger partial charge on any atom is -0.326 e. The van der Waals surface area contributed by atoms with Crippen molar-refractivity contribution in [2.75, 3.05) is 21.3 Å². The van der Waals surface area contributed by atoms with Gasteiger partial charge in [-0.2, -0.15) is 0 Å². The molecule has 2 bridgehead atoms. The Kier molecular flexibility index (Phi) is 10.4. The number of amides is 4. The molecule has 10 nitrogen and oxygen atoms in total. The summed E-state index contributed by atoms with van der Waals surface area (Å²) in [5, 5.41) is 12.0. The van der Waals surface area contributed by atoms with Gasteiger partial charge in [0.05, 0.1) is 11.4 Å². The van der Waals surface area contributed by atoms with E-state index < -0.39 is 10.8 Å². The highest BCUT2D eigenvalue weighted by Gasteiger charge is 2.55. The van der Waals surface area contributed by atoms with Crippen molar-refractivity contribution in [1.29, 1.82) is 0 Å². The predicted octanol–water partition coefficient (Wildman–Crippen LogP) is 6.50. The van der Waals surface area contributed by atoms with Crippen LogP contribution in [0.25, 0.3) is 0 Å². The maximum Gasteiger partial charge on any atom is 0.255 e. The van der Waals surface area contributed by atoms with E-state index in [9.17, 15) is 19.2 Å². The van der Waals surface area contributed by atoms with Crippen LogP contribution in [-0.2, 0) is 22.7 Å². The second kappa shape index (κ2) is 15.0. The number of fused-ring (bicyclic) bond motifs is 3. The van der Waals surface area contributed by atoms with Crippen molar-refractivity contribution in [3.8, 4) is 0 Å². The standard InChI is InChI=1S/C40H44N6O4/c1-3-23-45-25-13-33(14-26-45)41-35(47)29-5-9-31(10-6-29)43-37(49)39-17-20-40(21-18-39,22-19-39)38(50)44-32-11-7-30(8-12-32)36(48)42-34-15-27-46(24-4-2)28-16-34/h5-16,25-28H,3-4,17-24H2,1-2H3,(H2,43,44,47,48,49,50)/p+2. The van der Waals surface area contributed by atoms with Crippen molar-refractivity contribution in [3.63, 3.8) is 0 Å². The molecule has 4 N–H and O–H groups in total. The topological polar surface area (TPSA) is 124 Å². The second-order valence-corrected chi connectivity index (χ2v) is 13.7. The van der Waals surface area contributed by atoms with E-state index in [0.29, 0.717) is 61.0 Å². The van der Waals surface area contributed by atoms with Crippen LogP contribution in [0.1, 0.15) is 85.9 Å². The highest BCUT2D eigenvalue weighted by atomic mass is 16.2. The molecule has 4 aromatic rings. The number of hydrogen-bond donors (Lipinski definition) is 4. The average Bonchev–Trinajstić information content (AvgIpc) is 3.14. The number of aromatic nitrogens is 2. The Bertz CT molecular complexity index is 1680. The molecule has 7 rings (SSSR count). The quantitative estimate of drug-likeness (QED) is 0.128. The van der Waals surface area contributed by atoms with Gasteiger partial charge in [-0.05, 0) is 87.1 Å². The van der Waals surface area contributed by atoms with Gasteiger partial charge in [0.25, 0.3) is 11.8 Å². The van der Waals surface area contributed by atoms with Gasteiger partial charge >= 0.3 is 0 Å². The lowest BCUT2D eigenvalue weighted by Crippen LogP contribution is -2.52. The zero-order valence-corrected chi connectivity index (χ0v) is 28.8. The molecule has 0 spiro atoms. The molecule has 3 aliphatic rings. The Hall–Kier alpha value is -5.38. The first-order chi connectivity index (χ1) is 24.2. The van der Waals surface area contributed by atoms with Crippen LogP contribution >= 0.6 is 0 Å². The molecule has 258 valence electrons. The number of pyridine rings is 2. The molecule has 10 heteroatoms. The number of carbonyl (C=O) groups is 4. The fraction of sp³-hybridized carbons (Fsp3) is 0.350. The third-order valence-electron chi connectivity index (χ3n) is 10.3. The first-order valence-corrected chi connectivity index (χ1v) is 17.6. The van der Waals surface area contributed by atoms with Crippen molar-refractivity contribution in [2.45, 2.75) is 78.3 Å². The van der Waals surface area contributed by atoms with Gasteiger partial charge in [0.15, 0.2) is 24.8 Å². The zero-order valence-electron chi connectivity index (χ0n) is 28.8. The third-order valence-corrected chi connectivity index (χ3v) is 10.3. The molecule has 4 amide bonds. The fourth-order valence-electron chi connectivity index (χ4n) is 7.11. The van der Waals surface area contributed by atoms with Gasteiger partial charge < -0.3 is 21.3 Å². The molecule has 2 aromatic carbocycles. The van der Waals surface area contributed by atoms with E-state index >= 15 is 0 Å². The summed E-state index contributed by atoms with van der Waals surface area (Å²) in [5.41, 5.74) is 2.71. The first-order valence-electron chi connectivity index (χ1n) is 17.6. The van der Waals surface area contributed by atoms with Crippen LogP contribution in [0.5, 0.6) is 0 Å². The summed E-state index contributed by atoms with van der Waals surface area (Å²) in [7, 11) is 0. The fourth-order valence-corrected chi connectivity index (χ4v) is 7.11. The summed E-state index contributed by atoms with van der Waals surface area (Å²) >= 11 is 0. The number of carbonyl (C=O) groups excluding carboxylic acids is 4. The zero-order chi connectivity index (χ0) is 35.1. The van der Waals surface area contributed by atoms with Crippen molar-refractivity contribution < 1.29 is 28.3 Å². The van der Waals surface area contributed by atoms with Crippen molar-refractivity contribution in [3.05, 3.63) is 109 Å². The van der Waals surface area contributed by atoms with E-state index in [2.05, 4.69) is 44.2 Å². The lowest BCUT2D eigenvalue weighted by molar-refractivity contribution is -0.697. The molecule has 0 radical (unpaired) electrons. The van der Waals surface area contributed by atoms with E-state index in [0.717, 1.165) is 37.3 Å². The molecule has 0 saturated heterocycles. The first kappa shape index (κ1) is 34.5. The van der Waals surface area contributed by atoms with Crippen LogP contribution < -0.4 is 30.4 Å². The lowest BCUT2D eigenvalue weighted by Gasteiger charge is -2.51. The maximum absolute atomic E-state index is 13.6. The molecule has 3 saturated carbocycles. The van der Waals surface area contributed by atoms with Crippen LogP contribution in [0.3, 0.4) is 0 Å². The van der Waals surface area contributed by atoms with E-state index in [1.54, 1.807) is 48.5 Å². The minimum atomic E-state index is -0.510. The summed E-state index contributed by atoms with van der Waals surface area (Å²) in [6, 6.07) is 21.4. The van der Waals surface area contributed by atoms with Gasteiger partial charge in [-0.3, -0.25) is 19.2 Å². The molecule has 0 aliphatic heterocycles. The molecular weight excluding hydrogens is 628 g/mol. The highest BCUT2D eigenvalue weighted by Crippen LogP contribution is 2.57. The van der Waals surface area contributed by atoms with E-state index in [1.807, 2.05) is 49.1 Å². The van der Waals surface area contributed by atoms with Gasteiger partial charge in [0.1, 0.15) is 13.1 Å². The molecule has 2 heterocycles.